The number of nitrogens with one attached hydrogen (secondary N) is 3. The number of likely N-dealkylation sites (N-methyl/N-ethyl adjacent to an activating group) is 1. The summed E-state index contributed by atoms with van der Waals surface area (Å²) in [5.74, 6) is 0.576. The quantitative estimate of drug-likeness (QED) is 0.375. The molecule has 0 bridgehead atoms. The van der Waals surface area contributed by atoms with Crippen molar-refractivity contribution in [3.05, 3.63) is 60.3 Å². The molecule has 4 rings (SSSR count). The SMILES string of the molecule is CCN(CC)CCNC(=O)c1ccc(Nc2ncc(-c3cn[nH]c3)n3ccnc23)c(C)c1. The van der Waals surface area contributed by atoms with Gasteiger partial charge in [-0.25, -0.2) is 9.97 Å². The summed E-state index contributed by atoms with van der Waals surface area (Å²) in [5, 5.41) is 13.2. The molecule has 0 aliphatic heterocycles. The largest absolute Gasteiger partial charge is 0.351 e. The Balaban J connectivity index is 1.49. The van der Waals surface area contributed by atoms with Gasteiger partial charge in [-0.2, -0.15) is 5.10 Å². The van der Waals surface area contributed by atoms with E-state index in [-0.39, 0.29) is 5.91 Å². The minimum Gasteiger partial charge on any atom is -0.351 e. The standard InChI is InChI=1S/C23H28N8O/c1-4-30(5-2)10-8-25-23(32)17-6-7-19(16(3)12-17)29-21-22-24-9-11-31(22)20(15-26-21)18-13-27-28-14-18/h6-7,9,11-15H,4-5,8,10H2,1-3H3,(H,25,32)(H,26,29)(H,27,28). The van der Waals surface area contributed by atoms with E-state index in [1.165, 1.54) is 0 Å². The summed E-state index contributed by atoms with van der Waals surface area (Å²) in [5.41, 5.74) is 5.00. The normalized spacial score (nSPS) is 11.2. The molecule has 3 N–H and O–H groups in total. The third-order valence-corrected chi connectivity index (χ3v) is 5.57. The van der Waals surface area contributed by atoms with Gasteiger partial charge in [-0.3, -0.25) is 14.3 Å². The highest BCUT2D eigenvalue weighted by Gasteiger charge is 2.13. The summed E-state index contributed by atoms with van der Waals surface area (Å²) in [7, 11) is 0. The zero-order valence-corrected chi connectivity index (χ0v) is 18.6. The zero-order valence-electron chi connectivity index (χ0n) is 18.6. The molecule has 9 heteroatoms. The second-order valence-electron chi connectivity index (χ2n) is 7.54. The predicted octanol–water partition coefficient (Wildman–Crippen LogP) is 3.24. The topological polar surface area (TPSA) is 103 Å². The van der Waals surface area contributed by atoms with E-state index >= 15 is 0 Å². The first-order valence-corrected chi connectivity index (χ1v) is 10.8. The van der Waals surface area contributed by atoms with E-state index < -0.39 is 0 Å². The fraction of sp³-hybridized carbons (Fsp3) is 0.304. The third kappa shape index (κ3) is 4.47. The lowest BCUT2D eigenvalue weighted by molar-refractivity contribution is 0.0949. The molecule has 3 aromatic heterocycles. The van der Waals surface area contributed by atoms with Gasteiger partial charge in [0.2, 0.25) is 0 Å². The number of aryl methyl sites for hydroxylation is 1. The molecule has 0 saturated heterocycles. The van der Waals surface area contributed by atoms with Crippen molar-refractivity contribution >= 4 is 23.1 Å². The van der Waals surface area contributed by atoms with Crippen LogP contribution in [-0.2, 0) is 0 Å². The molecule has 9 nitrogen and oxygen atoms in total. The number of aromatic nitrogens is 5. The van der Waals surface area contributed by atoms with Gasteiger partial charge in [0.15, 0.2) is 11.5 Å². The van der Waals surface area contributed by atoms with Crippen LogP contribution in [0.2, 0.25) is 0 Å². The van der Waals surface area contributed by atoms with Gasteiger partial charge in [0, 0.05) is 48.5 Å². The number of H-pyrrole nitrogens is 1. The second kappa shape index (κ2) is 9.61. The molecule has 0 atom stereocenters. The van der Waals surface area contributed by atoms with Crippen LogP contribution in [0.15, 0.2) is 49.2 Å². The Morgan fingerprint density at radius 2 is 2.03 bits per heavy atom. The highest BCUT2D eigenvalue weighted by Crippen LogP contribution is 2.26. The van der Waals surface area contributed by atoms with Gasteiger partial charge in [0.05, 0.1) is 18.1 Å². The van der Waals surface area contributed by atoms with E-state index in [0.717, 1.165) is 42.1 Å². The first kappa shape index (κ1) is 21.5. The minimum atomic E-state index is -0.0648. The van der Waals surface area contributed by atoms with Gasteiger partial charge < -0.3 is 15.5 Å². The Hall–Kier alpha value is -3.72. The van der Waals surface area contributed by atoms with Crippen LogP contribution < -0.4 is 10.6 Å². The van der Waals surface area contributed by atoms with Crippen LogP contribution in [0.4, 0.5) is 11.5 Å². The number of carbonyl (C=O) groups is 1. The number of benzene rings is 1. The van der Waals surface area contributed by atoms with Crippen LogP contribution in [0.1, 0.15) is 29.8 Å². The number of anilines is 2. The number of rotatable bonds is 9. The summed E-state index contributed by atoms with van der Waals surface area (Å²) >= 11 is 0. The molecule has 1 amide bonds. The number of hydrogen-bond acceptors (Lipinski definition) is 6. The van der Waals surface area contributed by atoms with E-state index in [1.54, 1.807) is 18.6 Å². The Kier molecular flexibility index (Phi) is 6.46. The number of fused-ring (bicyclic) bond motifs is 1. The van der Waals surface area contributed by atoms with Crippen LogP contribution in [-0.4, -0.2) is 61.6 Å². The maximum atomic E-state index is 12.5. The van der Waals surface area contributed by atoms with Gasteiger partial charge in [-0.1, -0.05) is 13.8 Å². The van der Waals surface area contributed by atoms with Gasteiger partial charge in [-0.05, 0) is 43.8 Å². The summed E-state index contributed by atoms with van der Waals surface area (Å²) < 4.78 is 1.97. The van der Waals surface area contributed by atoms with Gasteiger partial charge in [0.25, 0.3) is 5.91 Å². The average molecular weight is 433 g/mol. The highest BCUT2D eigenvalue weighted by atomic mass is 16.1. The molecule has 0 radical (unpaired) electrons. The monoisotopic (exact) mass is 432 g/mol. The van der Waals surface area contributed by atoms with Crippen LogP contribution in [0.25, 0.3) is 16.9 Å². The van der Waals surface area contributed by atoms with Gasteiger partial charge in [0.1, 0.15) is 0 Å². The molecule has 0 fully saturated rings. The molecule has 0 aliphatic carbocycles. The van der Waals surface area contributed by atoms with Crippen molar-refractivity contribution in [3.63, 3.8) is 0 Å². The van der Waals surface area contributed by atoms with E-state index in [9.17, 15) is 4.79 Å². The van der Waals surface area contributed by atoms with Gasteiger partial charge >= 0.3 is 0 Å². The van der Waals surface area contributed by atoms with Crippen LogP contribution in [0.3, 0.4) is 0 Å². The Morgan fingerprint density at radius 1 is 1.19 bits per heavy atom. The molecule has 0 unspecified atom stereocenters. The molecule has 0 saturated carbocycles. The van der Waals surface area contributed by atoms with Crippen molar-refractivity contribution in [2.75, 3.05) is 31.5 Å². The average Bonchev–Trinajstić information content (AvgIpc) is 3.51. The Bertz CT molecular complexity index is 1190. The lowest BCUT2D eigenvalue weighted by Gasteiger charge is -2.18. The fourth-order valence-corrected chi connectivity index (χ4v) is 3.65. The van der Waals surface area contributed by atoms with Crippen molar-refractivity contribution in [1.29, 1.82) is 0 Å². The predicted molar refractivity (Wildman–Crippen MR) is 125 cm³/mol. The fourth-order valence-electron chi connectivity index (χ4n) is 3.65. The smallest absolute Gasteiger partial charge is 0.251 e. The Labute approximate surface area is 186 Å². The van der Waals surface area contributed by atoms with Crippen LogP contribution in [0, 0.1) is 6.92 Å². The number of aromatic amines is 1. The highest BCUT2D eigenvalue weighted by molar-refractivity contribution is 5.95. The summed E-state index contributed by atoms with van der Waals surface area (Å²) in [6.07, 6.45) is 8.99. The van der Waals surface area contributed by atoms with Crippen molar-refractivity contribution in [2.24, 2.45) is 0 Å². The maximum Gasteiger partial charge on any atom is 0.251 e. The van der Waals surface area contributed by atoms with Crippen LogP contribution in [0.5, 0.6) is 0 Å². The number of hydrogen-bond donors (Lipinski definition) is 3. The maximum absolute atomic E-state index is 12.5. The molecule has 0 spiro atoms. The van der Waals surface area contributed by atoms with E-state index in [1.807, 2.05) is 41.9 Å². The first-order valence-electron chi connectivity index (χ1n) is 10.8. The molecular formula is C23H28N8O. The number of imidazole rings is 1. The van der Waals surface area contributed by atoms with Gasteiger partial charge in [-0.15, -0.1) is 0 Å². The van der Waals surface area contributed by atoms with Crippen LogP contribution >= 0.6 is 0 Å². The second-order valence-corrected chi connectivity index (χ2v) is 7.54. The summed E-state index contributed by atoms with van der Waals surface area (Å²) in [6.45, 7) is 9.65. The third-order valence-electron chi connectivity index (χ3n) is 5.57. The lowest BCUT2D eigenvalue weighted by atomic mass is 10.1. The molecule has 1 aromatic carbocycles. The first-order chi connectivity index (χ1) is 15.6. The molecule has 32 heavy (non-hydrogen) atoms. The summed E-state index contributed by atoms with van der Waals surface area (Å²) in [4.78, 5) is 23.9. The number of nitrogens with zero attached hydrogens (tertiary/aromatic N) is 5. The van der Waals surface area contributed by atoms with E-state index in [0.29, 0.717) is 23.6 Å². The lowest BCUT2D eigenvalue weighted by Crippen LogP contribution is -2.34. The van der Waals surface area contributed by atoms with E-state index in [4.69, 9.17) is 0 Å². The molecule has 4 aromatic rings. The summed E-state index contributed by atoms with van der Waals surface area (Å²) in [6, 6.07) is 5.61. The molecule has 3 heterocycles. The minimum absolute atomic E-state index is 0.0648. The molecular weight excluding hydrogens is 404 g/mol. The molecule has 0 aliphatic rings. The van der Waals surface area contributed by atoms with Crippen molar-refractivity contribution in [2.45, 2.75) is 20.8 Å². The zero-order chi connectivity index (χ0) is 22.5. The number of amides is 1. The van der Waals surface area contributed by atoms with Crippen molar-refractivity contribution in [3.8, 4) is 11.3 Å². The van der Waals surface area contributed by atoms with Crippen molar-refractivity contribution in [1.82, 2.24) is 34.8 Å². The van der Waals surface area contributed by atoms with E-state index in [2.05, 4.69) is 49.5 Å². The van der Waals surface area contributed by atoms with Crippen molar-refractivity contribution < 1.29 is 4.79 Å². The number of carbonyl (C=O) groups excluding carboxylic acids is 1. The molecule has 166 valence electrons. The Morgan fingerprint density at radius 3 is 2.75 bits per heavy atom.